The molecule has 0 aliphatic rings. The van der Waals surface area contributed by atoms with E-state index in [1.807, 2.05) is 13.8 Å². The summed E-state index contributed by atoms with van der Waals surface area (Å²) in [6, 6.07) is 3.37. The van der Waals surface area contributed by atoms with E-state index in [0.717, 1.165) is 0 Å². The molecule has 0 radical (unpaired) electrons. The summed E-state index contributed by atoms with van der Waals surface area (Å²) >= 11 is 0. The molecule has 1 aromatic rings. The molecule has 0 aromatic carbocycles. The highest BCUT2D eigenvalue weighted by Crippen LogP contribution is 2.01. The summed E-state index contributed by atoms with van der Waals surface area (Å²) in [4.78, 5) is 3.91. The van der Waals surface area contributed by atoms with Crippen molar-refractivity contribution in [3.8, 4) is 0 Å². The number of hydrogen-bond donors (Lipinski definition) is 1. The summed E-state index contributed by atoms with van der Waals surface area (Å²) in [6.45, 7) is 4.52. The zero-order chi connectivity index (χ0) is 8.97. The van der Waals surface area contributed by atoms with E-state index in [1.54, 1.807) is 12.3 Å². The normalized spacial score (nSPS) is 10.7. The molecule has 2 nitrogen and oxygen atoms in total. The van der Waals surface area contributed by atoms with E-state index < -0.39 is 0 Å². The number of pyridine rings is 1. The fourth-order valence-corrected chi connectivity index (χ4v) is 0.849. The van der Waals surface area contributed by atoms with Gasteiger partial charge in [-0.05, 0) is 12.1 Å². The van der Waals surface area contributed by atoms with Crippen molar-refractivity contribution in [3.05, 3.63) is 29.8 Å². The van der Waals surface area contributed by atoms with Gasteiger partial charge in [-0.1, -0.05) is 13.8 Å². The Morgan fingerprint density at radius 3 is 2.92 bits per heavy atom. The lowest BCUT2D eigenvalue weighted by atomic mass is 10.3. The largest absolute Gasteiger partial charge is 0.309 e. The molecule has 0 fully saturated rings. The van der Waals surface area contributed by atoms with Crippen LogP contribution >= 0.6 is 0 Å². The van der Waals surface area contributed by atoms with Crippen LogP contribution in [0.4, 0.5) is 4.39 Å². The number of rotatable bonds is 3. The van der Waals surface area contributed by atoms with Crippen molar-refractivity contribution in [1.29, 1.82) is 0 Å². The van der Waals surface area contributed by atoms with Gasteiger partial charge in [-0.15, -0.1) is 0 Å². The van der Waals surface area contributed by atoms with Gasteiger partial charge in [-0.3, -0.25) is 4.98 Å². The first-order valence-corrected chi connectivity index (χ1v) is 4.03. The van der Waals surface area contributed by atoms with Crippen molar-refractivity contribution in [2.24, 2.45) is 0 Å². The molecule has 0 aliphatic carbocycles. The van der Waals surface area contributed by atoms with Gasteiger partial charge in [0.05, 0.1) is 5.69 Å². The van der Waals surface area contributed by atoms with Gasteiger partial charge < -0.3 is 5.32 Å². The van der Waals surface area contributed by atoms with Crippen LogP contribution in [0.5, 0.6) is 0 Å². The molecule has 0 aliphatic heterocycles. The summed E-state index contributed by atoms with van der Waals surface area (Å²) in [5.74, 6) is -0.245. The predicted octanol–water partition coefficient (Wildman–Crippen LogP) is 1.72. The Labute approximate surface area is 71.8 Å². The van der Waals surface area contributed by atoms with Crippen molar-refractivity contribution >= 4 is 0 Å². The quantitative estimate of drug-likeness (QED) is 0.743. The number of halogens is 1. The molecule has 66 valence electrons. The first-order chi connectivity index (χ1) is 5.70. The van der Waals surface area contributed by atoms with Crippen LogP contribution in [0.1, 0.15) is 19.5 Å². The first kappa shape index (κ1) is 9.13. The van der Waals surface area contributed by atoms with Gasteiger partial charge in [-0.25, -0.2) is 4.39 Å². The maximum atomic E-state index is 12.9. The molecule has 3 heteroatoms. The van der Waals surface area contributed by atoms with Crippen LogP contribution in [-0.4, -0.2) is 11.0 Å². The average molecular weight is 168 g/mol. The van der Waals surface area contributed by atoms with Crippen molar-refractivity contribution in [1.82, 2.24) is 10.3 Å². The molecule has 1 N–H and O–H groups in total. The summed E-state index contributed by atoms with van der Waals surface area (Å²) in [5, 5.41) is 3.10. The van der Waals surface area contributed by atoms with Gasteiger partial charge in [0.25, 0.3) is 0 Å². The SMILES string of the molecule is CC(C)NCc1ncccc1F. The lowest BCUT2D eigenvalue weighted by Gasteiger charge is -2.07. The van der Waals surface area contributed by atoms with Gasteiger partial charge in [0.1, 0.15) is 5.82 Å². The van der Waals surface area contributed by atoms with Gasteiger partial charge >= 0.3 is 0 Å². The number of aromatic nitrogens is 1. The zero-order valence-corrected chi connectivity index (χ0v) is 7.34. The minimum atomic E-state index is -0.245. The first-order valence-electron chi connectivity index (χ1n) is 4.03. The fraction of sp³-hybridized carbons (Fsp3) is 0.444. The van der Waals surface area contributed by atoms with E-state index in [1.165, 1.54) is 6.07 Å². The van der Waals surface area contributed by atoms with Gasteiger partial charge in [0.15, 0.2) is 0 Å². The Balaban J connectivity index is 2.57. The van der Waals surface area contributed by atoms with Crippen LogP contribution in [0.2, 0.25) is 0 Å². The van der Waals surface area contributed by atoms with Crippen LogP contribution in [0, 0.1) is 5.82 Å². The Morgan fingerprint density at radius 2 is 2.33 bits per heavy atom. The lowest BCUT2D eigenvalue weighted by Crippen LogP contribution is -2.23. The number of nitrogens with one attached hydrogen (secondary N) is 1. The average Bonchev–Trinajstić information content (AvgIpc) is 2.03. The third-order valence-electron chi connectivity index (χ3n) is 1.51. The van der Waals surface area contributed by atoms with E-state index >= 15 is 0 Å². The molecule has 12 heavy (non-hydrogen) atoms. The summed E-state index contributed by atoms with van der Waals surface area (Å²) in [7, 11) is 0. The molecular formula is C9H13FN2. The summed E-state index contributed by atoms with van der Waals surface area (Å²) < 4.78 is 12.9. The van der Waals surface area contributed by atoms with Crippen LogP contribution in [0.3, 0.4) is 0 Å². The van der Waals surface area contributed by atoms with Crippen LogP contribution in [0.15, 0.2) is 18.3 Å². The Morgan fingerprint density at radius 1 is 1.58 bits per heavy atom. The standard InChI is InChI=1S/C9H13FN2/c1-7(2)12-6-9-8(10)4-3-5-11-9/h3-5,7,12H,6H2,1-2H3. The van der Waals surface area contributed by atoms with Crippen LogP contribution in [-0.2, 0) is 6.54 Å². The summed E-state index contributed by atoms with van der Waals surface area (Å²) in [5.41, 5.74) is 0.478. The van der Waals surface area contributed by atoms with E-state index in [2.05, 4.69) is 10.3 Å². The Kier molecular flexibility index (Phi) is 3.17. The molecule has 0 unspecified atom stereocenters. The van der Waals surface area contributed by atoms with Gasteiger partial charge in [-0.2, -0.15) is 0 Å². The van der Waals surface area contributed by atoms with E-state index in [-0.39, 0.29) is 5.82 Å². The molecule has 0 amide bonds. The monoisotopic (exact) mass is 168 g/mol. The molecule has 0 saturated carbocycles. The highest BCUT2D eigenvalue weighted by molar-refractivity contribution is 5.06. The molecular weight excluding hydrogens is 155 g/mol. The topological polar surface area (TPSA) is 24.9 Å². The fourth-order valence-electron chi connectivity index (χ4n) is 0.849. The lowest BCUT2D eigenvalue weighted by molar-refractivity contribution is 0.541. The van der Waals surface area contributed by atoms with Gasteiger partial charge in [0, 0.05) is 18.8 Å². The van der Waals surface area contributed by atoms with Gasteiger partial charge in [0.2, 0.25) is 0 Å². The molecule has 1 heterocycles. The third-order valence-corrected chi connectivity index (χ3v) is 1.51. The Bertz CT molecular complexity index is 248. The highest BCUT2D eigenvalue weighted by atomic mass is 19.1. The minimum Gasteiger partial charge on any atom is -0.309 e. The number of hydrogen-bond acceptors (Lipinski definition) is 2. The molecule has 1 rings (SSSR count). The molecule has 0 saturated heterocycles. The zero-order valence-electron chi connectivity index (χ0n) is 7.34. The second-order valence-electron chi connectivity index (χ2n) is 2.97. The molecule has 0 atom stereocenters. The second-order valence-corrected chi connectivity index (χ2v) is 2.97. The minimum absolute atomic E-state index is 0.245. The smallest absolute Gasteiger partial charge is 0.146 e. The van der Waals surface area contributed by atoms with Crippen molar-refractivity contribution < 1.29 is 4.39 Å². The van der Waals surface area contributed by atoms with Crippen LogP contribution < -0.4 is 5.32 Å². The van der Waals surface area contributed by atoms with E-state index in [9.17, 15) is 4.39 Å². The van der Waals surface area contributed by atoms with Crippen molar-refractivity contribution in [3.63, 3.8) is 0 Å². The Hall–Kier alpha value is -0.960. The second kappa shape index (κ2) is 4.16. The predicted molar refractivity (Wildman–Crippen MR) is 46.2 cm³/mol. The number of nitrogens with zero attached hydrogens (tertiary/aromatic N) is 1. The maximum absolute atomic E-state index is 12.9. The van der Waals surface area contributed by atoms with Crippen molar-refractivity contribution in [2.75, 3.05) is 0 Å². The summed E-state index contributed by atoms with van der Waals surface area (Å²) in [6.07, 6.45) is 1.60. The maximum Gasteiger partial charge on any atom is 0.146 e. The molecule has 0 spiro atoms. The molecule has 1 aromatic heterocycles. The van der Waals surface area contributed by atoms with E-state index in [4.69, 9.17) is 0 Å². The molecule has 0 bridgehead atoms. The highest BCUT2D eigenvalue weighted by Gasteiger charge is 2.01. The van der Waals surface area contributed by atoms with Crippen LogP contribution in [0.25, 0.3) is 0 Å². The third kappa shape index (κ3) is 2.58. The van der Waals surface area contributed by atoms with E-state index in [0.29, 0.717) is 18.3 Å². The van der Waals surface area contributed by atoms with Crippen molar-refractivity contribution in [2.45, 2.75) is 26.4 Å².